The Morgan fingerprint density at radius 3 is 1.29 bits per heavy atom. The Balaban J connectivity index is 1.11. The summed E-state index contributed by atoms with van der Waals surface area (Å²) in [6.07, 6.45) is 0. The van der Waals surface area contributed by atoms with E-state index in [1.54, 1.807) is 0 Å². The number of hydrogen-bond donors (Lipinski definition) is 0. The molecule has 0 bridgehead atoms. The van der Waals surface area contributed by atoms with Crippen LogP contribution in [-0.4, -0.2) is 24.6 Å². The van der Waals surface area contributed by atoms with Crippen LogP contribution in [0.5, 0.6) is 0 Å². The third-order valence-corrected chi connectivity index (χ3v) is 10.1. The second-order valence-electron chi connectivity index (χ2n) is 13.5. The van der Waals surface area contributed by atoms with E-state index in [4.69, 9.17) is 20.1 Å². The first kappa shape index (κ1) is 32.2. The van der Waals surface area contributed by atoms with E-state index in [1.165, 1.54) is 5.56 Å². The molecule has 0 fully saturated rings. The lowest BCUT2D eigenvalue weighted by Crippen LogP contribution is -2.00. The van der Waals surface area contributed by atoms with Crippen molar-refractivity contribution in [3.63, 3.8) is 0 Å². The zero-order valence-corrected chi connectivity index (χ0v) is 29.8. The van der Waals surface area contributed by atoms with Crippen molar-refractivity contribution in [1.29, 1.82) is 0 Å². The molecule has 0 aliphatic heterocycles. The topological polar surface area (TPSA) is 56.0 Å². The maximum Gasteiger partial charge on any atom is 0.164 e. The maximum atomic E-state index is 5.37. The van der Waals surface area contributed by atoms with E-state index < -0.39 is 0 Å². The molecule has 0 aliphatic carbocycles. The fourth-order valence-corrected chi connectivity index (χ4v) is 7.35. The van der Waals surface area contributed by atoms with Crippen molar-refractivity contribution >= 4 is 16.3 Å². The Morgan fingerprint density at radius 1 is 0.327 bits per heavy atom. The monoisotopic (exact) mass is 703 g/mol. The van der Waals surface area contributed by atoms with Gasteiger partial charge in [0.25, 0.3) is 0 Å². The molecule has 5 nitrogen and oxygen atoms in total. The highest BCUT2D eigenvalue weighted by atomic mass is 15.2. The summed E-state index contributed by atoms with van der Waals surface area (Å²) < 4.78 is 2.12. The van der Waals surface area contributed by atoms with Crippen LogP contribution in [0.15, 0.2) is 200 Å². The Morgan fingerprint density at radius 2 is 0.727 bits per heavy atom. The quantitative estimate of drug-likeness (QED) is 0.166. The van der Waals surface area contributed by atoms with Gasteiger partial charge in [0.1, 0.15) is 5.69 Å². The maximum absolute atomic E-state index is 5.37. The Hall–Kier alpha value is -7.50. The summed E-state index contributed by atoms with van der Waals surface area (Å²) in [6, 6.07) is 69.2. The van der Waals surface area contributed by atoms with Crippen molar-refractivity contribution in [2.45, 2.75) is 0 Å². The van der Waals surface area contributed by atoms with Crippen LogP contribution in [0, 0.1) is 0 Å². The molecule has 10 aromatic rings. The first-order valence-electron chi connectivity index (χ1n) is 18.4. The second-order valence-corrected chi connectivity index (χ2v) is 13.5. The molecule has 0 atom stereocenters. The van der Waals surface area contributed by atoms with Crippen LogP contribution in [0.2, 0.25) is 0 Å². The average molecular weight is 704 g/mol. The van der Waals surface area contributed by atoms with Gasteiger partial charge in [0.15, 0.2) is 17.5 Å². The van der Waals surface area contributed by atoms with Crippen LogP contribution in [-0.2, 0) is 0 Å². The molecule has 258 valence electrons. The van der Waals surface area contributed by atoms with Crippen molar-refractivity contribution < 1.29 is 0 Å². The number of rotatable bonds is 7. The van der Waals surface area contributed by atoms with E-state index in [1.807, 2.05) is 42.5 Å². The molecule has 0 saturated heterocycles. The van der Waals surface area contributed by atoms with Gasteiger partial charge in [0.2, 0.25) is 0 Å². The third kappa shape index (κ3) is 6.04. The van der Waals surface area contributed by atoms with Gasteiger partial charge in [-0.2, -0.15) is 5.10 Å². The number of hydrogen-bond acceptors (Lipinski definition) is 4. The average Bonchev–Trinajstić information content (AvgIpc) is 3.69. The normalized spacial score (nSPS) is 11.3. The number of aromatic nitrogens is 5. The van der Waals surface area contributed by atoms with E-state index >= 15 is 0 Å². The van der Waals surface area contributed by atoms with Gasteiger partial charge in [-0.3, -0.25) is 0 Å². The summed E-state index contributed by atoms with van der Waals surface area (Å²) in [4.78, 5) is 15.0. The summed E-state index contributed by atoms with van der Waals surface area (Å²) in [5, 5.41) is 7.67. The highest BCUT2D eigenvalue weighted by molar-refractivity contribution is 6.08. The molecular formula is C50H33N5. The minimum atomic E-state index is 0.614. The Kier molecular flexibility index (Phi) is 8.08. The molecule has 0 saturated carbocycles. The number of fused-ring (bicyclic) bond motifs is 3. The first-order valence-corrected chi connectivity index (χ1v) is 18.4. The van der Waals surface area contributed by atoms with Crippen molar-refractivity contribution in [3.8, 4) is 78.9 Å². The first-order chi connectivity index (χ1) is 27.3. The smallest absolute Gasteiger partial charge is 0.164 e. The van der Waals surface area contributed by atoms with Crippen LogP contribution in [0.4, 0.5) is 0 Å². The molecule has 10 rings (SSSR count). The molecule has 7 aromatic carbocycles. The van der Waals surface area contributed by atoms with Crippen LogP contribution < -0.4 is 0 Å². The van der Waals surface area contributed by atoms with Gasteiger partial charge in [0.05, 0.1) is 11.2 Å². The molecule has 3 aromatic heterocycles. The van der Waals surface area contributed by atoms with Crippen molar-refractivity contribution in [2.24, 2.45) is 0 Å². The molecule has 3 heterocycles. The van der Waals surface area contributed by atoms with Gasteiger partial charge < -0.3 is 0 Å². The zero-order valence-electron chi connectivity index (χ0n) is 29.8. The van der Waals surface area contributed by atoms with Crippen LogP contribution in [0.25, 0.3) is 95.2 Å². The van der Waals surface area contributed by atoms with Crippen molar-refractivity contribution in [3.05, 3.63) is 200 Å². The van der Waals surface area contributed by atoms with Gasteiger partial charge in [-0.25, -0.2) is 19.5 Å². The van der Waals surface area contributed by atoms with Gasteiger partial charge in [-0.1, -0.05) is 194 Å². The van der Waals surface area contributed by atoms with E-state index in [-0.39, 0.29) is 0 Å². The van der Waals surface area contributed by atoms with Gasteiger partial charge in [-0.15, -0.1) is 0 Å². The summed E-state index contributed by atoms with van der Waals surface area (Å²) in [5.74, 6) is 1.87. The molecule has 0 spiro atoms. The lowest BCUT2D eigenvalue weighted by Gasteiger charge is -2.12. The van der Waals surface area contributed by atoms with Crippen LogP contribution >= 0.6 is 0 Å². The minimum absolute atomic E-state index is 0.614. The third-order valence-electron chi connectivity index (χ3n) is 10.1. The predicted molar refractivity (Wildman–Crippen MR) is 224 cm³/mol. The molecule has 0 N–H and O–H groups in total. The highest BCUT2D eigenvalue weighted by Gasteiger charge is 2.21. The van der Waals surface area contributed by atoms with E-state index in [2.05, 4.69) is 162 Å². The summed E-state index contributed by atoms with van der Waals surface area (Å²) in [7, 11) is 0. The fraction of sp³-hybridized carbons (Fsp3) is 0. The molecule has 0 unspecified atom stereocenters. The fourth-order valence-electron chi connectivity index (χ4n) is 7.35. The van der Waals surface area contributed by atoms with Gasteiger partial charge in [-0.05, 0) is 28.1 Å². The summed E-state index contributed by atoms with van der Waals surface area (Å²) >= 11 is 0. The van der Waals surface area contributed by atoms with Gasteiger partial charge in [0, 0.05) is 38.8 Å². The van der Waals surface area contributed by atoms with Crippen LogP contribution in [0.1, 0.15) is 0 Å². The lowest BCUT2D eigenvalue weighted by atomic mass is 9.97. The largest absolute Gasteiger partial charge is 0.231 e. The molecule has 0 amide bonds. The van der Waals surface area contributed by atoms with E-state index in [0.717, 1.165) is 72.2 Å². The molecular weight excluding hydrogens is 671 g/mol. The number of pyridine rings is 1. The number of benzene rings is 7. The predicted octanol–water partition coefficient (Wildman–Crippen LogP) is 12.3. The Labute approximate surface area is 318 Å². The highest BCUT2D eigenvalue weighted by Crippen LogP contribution is 2.41. The standard InChI is InChI=1S/C50H33N5/c1-5-15-34(16-6-1)35-25-29-40(30-26-35)49-51-48(39-21-11-4-12-22-39)52-50(53-49)41-31-27-36(28-32-41)44-33-42-23-13-14-24-43(42)47-45(37-17-7-2-8-18-37)46(54-55(44)47)38-19-9-3-10-20-38/h1-33H. The molecule has 55 heavy (non-hydrogen) atoms. The zero-order chi connectivity index (χ0) is 36.6. The minimum Gasteiger partial charge on any atom is -0.231 e. The number of nitrogens with zero attached hydrogens (tertiary/aromatic N) is 5. The second kappa shape index (κ2) is 13.8. The van der Waals surface area contributed by atoms with Crippen molar-refractivity contribution in [1.82, 2.24) is 24.6 Å². The van der Waals surface area contributed by atoms with Crippen LogP contribution in [0.3, 0.4) is 0 Å². The molecule has 5 heteroatoms. The summed E-state index contributed by atoms with van der Waals surface area (Å²) in [6.45, 7) is 0. The van der Waals surface area contributed by atoms with Crippen molar-refractivity contribution in [2.75, 3.05) is 0 Å². The summed E-state index contributed by atoms with van der Waals surface area (Å²) in [5.41, 5.74) is 12.5. The molecule has 0 aliphatic rings. The SMILES string of the molecule is c1ccc(-c2ccc(-c3nc(-c4ccccc4)nc(-c4ccc(-c5cc6ccccc6c6c(-c7ccccc7)c(-c7ccccc7)nn56)cc4)n3)cc2)cc1. The van der Waals surface area contributed by atoms with E-state index in [9.17, 15) is 0 Å². The Bertz CT molecular complexity index is 2920. The molecule has 0 radical (unpaired) electrons. The van der Waals surface area contributed by atoms with Gasteiger partial charge >= 0.3 is 0 Å². The van der Waals surface area contributed by atoms with E-state index in [0.29, 0.717) is 17.5 Å². The lowest BCUT2D eigenvalue weighted by molar-refractivity contribution is 0.979.